The van der Waals surface area contributed by atoms with Gasteiger partial charge < -0.3 is 9.64 Å². The number of aromatic nitrogens is 2. The first-order valence-corrected chi connectivity index (χ1v) is 14.9. The van der Waals surface area contributed by atoms with Crippen LogP contribution in [-0.4, -0.2) is 24.3 Å². The fraction of sp³-hybridized carbons (Fsp3) is 0.241. The average molecular weight is 545 g/mol. The Balaban J connectivity index is 1.44. The van der Waals surface area contributed by atoms with Crippen molar-refractivity contribution >= 4 is 72.2 Å². The van der Waals surface area contributed by atoms with Gasteiger partial charge in [-0.25, -0.2) is 0 Å². The van der Waals surface area contributed by atoms with Crippen molar-refractivity contribution in [3.63, 3.8) is 0 Å². The van der Waals surface area contributed by atoms with Crippen LogP contribution in [0.5, 0.6) is 0 Å². The summed E-state index contributed by atoms with van der Waals surface area (Å²) in [5.41, 5.74) is 2.45. The number of nitrogens with zero attached hydrogens (tertiary/aromatic N) is 3. The van der Waals surface area contributed by atoms with Gasteiger partial charge in [0.2, 0.25) is 5.52 Å². The highest BCUT2D eigenvalue weighted by Gasteiger charge is 2.28. The first kappa shape index (κ1) is 23.2. The quantitative estimate of drug-likeness (QED) is 0.315. The minimum Gasteiger partial charge on any atom is -0.376 e. The van der Waals surface area contributed by atoms with Gasteiger partial charge >= 0.3 is 0 Å². The maximum atomic E-state index is 14.0. The maximum Gasteiger partial charge on any atom is 0.271 e. The number of rotatable bonds is 3. The monoisotopic (exact) mass is 544 g/mol. The fourth-order valence-corrected chi connectivity index (χ4v) is 8.90. The molecule has 2 aromatic heterocycles. The van der Waals surface area contributed by atoms with Gasteiger partial charge in [-0.1, -0.05) is 65.6 Å². The molecule has 3 aromatic carbocycles. The Morgan fingerprint density at radius 1 is 1.08 bits per heavy atom. The molecule has 7 rings (SSSR count). The highest BCUT2D eigenvalue weighted by atomic mass is 32.2. The van der Waals surface area contributed by atoms with Crippen LogP contribution in [0.3, 0.4) is 0 Å². The van der Waals surface area contributed by atoms with Crippen LogP contribution in [0, 0.1) is 0 Å². The Labute approximate surface area is 226 Å². The van der Waals surface area contributed by atoms with Crippen molar-refractivity contribution in [1.29, 1.82) is 0 Å². The van der Waals surface area contributed by atoms with E-state index < -0.39 is 0 Å². The molecule has 2 aliphatic rings. The molecular formula is C29H26N3O2S3+. The van der Waals surface area contributed by atoms with E-state index in [-0.39, 0.29) is 11.7 Å². The summed E-state index contributed by atoms with van der Waals surface area (Å²) in [4.78, 5) is 17.4. The van der Waals surface area contributed by atoms with Crippen LogP contribution < -0.4 is 24.2 Å². The first-order valence-electron chi connectivity index (χ1n) is 12.5. The molecule has 1 saturated heterocycles. The number of thioether (sulfide) groups is 1. The predicted octanol–water partition coefficient (Wildman–Crippen LogP) is 4.42. The van der Waals surface area contributed by atoms with Crippen molar-refractivity contribution in [2.75, 3.05) is 18.6 Å². The third kappa shape index (κ3) is 3.85. The molecule has 186 valence electrons. The van der Waals surface area contributed by atoms with E-state index in [1.54, 1.807) is 34.4 Å². The largest absolute Gasteiger partial charge is 0.376 e. The highest BCUT2D eigenvalue weighted by Crippen LogP contribution is 2.48. The molecule has 0 spiro atoms. The van der Waals surface area contributed by atoms with Crippen LogP contribution in [-0.2, 0) is 18.3 Å². The molecule has 1 fully saturated rings. The average Bonchev–Trinajstić information content (AvgIpc) is 3.68. The minimum absolute atomic E-state index is 0.0713. The summed E-state index contributed by atoms with van der Waals surface area (Å²) in [5.74, 6) is 0. The second-order valence-corrected chi connectivity index (χ2v) is 12.7. The van der Waals surface area contributed by atoms with E-state index in [2.05, 4.69) is 90.3 Å². The zero-order valence-electron chi connectivity index (χ0n) is 20.6. The Kier molecular flexibility index (Phi) is 5.73. The van der Waals surface area contributed by atoms with Crippen molar-refractivity contribution in [3.8, 4) is 0 Å². The standard InChI is InChI=1S/C29H26N3O2S3/c1-30-21-11-5-6-12-22(21)35-24(30)16-25-32(17-19-9-7-15-34-19)28(33)27(37-25)29-31(2)26-20-10-4-3-8-18(20)13-14-23(26)36-29/h3-6,8,10-14,16,19H,7,9,15,17H2,1-2H3/q+1. The molecule has 0 radical (unpaired) electrons. The second kappa shape index (κ2) is 9.13. The normalized spacial score (nSPS) is 19.5. The van der Waals surface area contributed by atoms with E-state index >= 15 is 0 Å². The summed E-state index contributed by atoms with van der Waals surface area (Å²) in [7, 11) is 4.18. The van der Waals surface area contributed by atoms with Crippen LogP contribution in [0.2, 0.25) is 0 Å². The lowest BCUT2D eigenvalue weighted by Gasteiger charge is -2.15. The SMILES string of the molecule is CN1C(=c2sc(=Cc3sc4ccccc4[n+]3C)n(CC3CCCO3)c2=O)Sc2ccc3ccccc3c21. The van der Waals surface area contributed by atoms with Crippen LogP contribution >= 0.6 is 34.4 Å². The summed E-state index contributed by atoms with van der Waals surface area (Å²) in [6, 6.07) is 21.2. The minimum atomic E-state index is 0.0713. The molecule has 0 saturated carbocycles. The van der Waals surface area contributed by atoms with Gasteiger partial charge in [0.15, 0.2) is 0 Å². The van der Waals surface area contributed by atoms with E-state index in [1.807, 2.05) is 4.57 Å². The molecule has 0 N–H and O–H groups in total. The van der Waals surface area contributed by atoms with E-state index in [4.69, 9.17) is 4.74 Å². The molecule has 1 atom stereocenters. The van der Waals surface area contributed by atoms with E-state index in [9.17, 15) is 4.79 Å². The van der Waals surface area contributed by atoms with Crippen molar-refractivity contribution < 1.29 is 9.30 Å². The lowest BCUT2D eigenvalue weighted by Crippen LogP contribution is -2.37. The lowest BCUT2D eigenvalue weighted by atomic mass is 10.1. The molecule has 1 unspecified atom stereocenters. The van der Waals surface area contributed by atoms with Crippen LogP contribution in [0.1, 0.15) is 17.8 Å². The van der Waals surface area contributed by atoms with Crippen molar-refractivity contribution in [1.82, 2.24) is 4.57 Å². The van der Waals surface area contributed by atoms with E-state index in [0.717, 1.165) is 38.7 Å². The number of thiazole rings is 2. The number of hydrogen-bond acceptors (Lipinski definition) is 6. The van der Waals surface area contributed by atoms with Gasteiger partial charge in [-0.2, -0.15) is 4.57 Å². The van der Waals surface area contributed by atoms with E-state index in [1.165, 1.54) is 31.6 Å². The van der Waals surface area contributed by atoms with Crippen LogP contribution in [0.15, 0.2) is 70.4 Å². The maximum absolute atomic E-state index is 14.0. The zero-order valence-corrected chi connectivity index (χ0v) is 23.1. The Hall–Kier alpha value is -2.91. The summed E-state index contributed by atoms with van der Waals surface area (Å²) in [6.07, 6.45) is 4.32. The Morgan fingerprint density at radius 3 is 2.76 bits per heavy atom. The van der Waals surface area contributed by atoms with Gasteiger partial charge in [-0.05, 0) is 30.4 Å². The zero-order chi connectivity index (χ0) is 25.1. The summed E-state index contributed by atoms with van der Waals surface area (Å²) >= 11 is 5.04. The number of anilines is 1. The molecule has 2 aliphatic heterocycles. The van der Waals surface area contributed by atoms with Gasteiger partial charge in [-0.15, -0.1) is 11.3 Å². The number of fused-ring (bicyclic) bond motifs is 4. The Bertz CT molecular complexity index is 1860. The number of aryl methyl sites for hydroxylation is 1. The molecule has 5 nitrogen and oxygen atoms in total. The molecule has 4 heterocycles. The molecule has 37 heavy (non-hydrogen) atoms. The number of para-hydroxylation sites is 1. The summed E-state index contributed by atoms with van der Waals surface area (Å²) in [5, 5.41) is 4.55. The second-order valence-electron chi connectivity index (χ2n) is 9.53. The predicted molar refractivity (Wildman–Crippen MR) is 155 cm³/mol. The molecule has 0 bridgehead atoms. The highest BCUT2D eigenvalue weighted by molar-refractivity contribution is 8.08. The van der Waals surface area contributed by atoms with Gasteiger partial charge in [0.25, 0.3) is 10.6 Å². The van der Waals surface area contributed by atoms with Crippen LogP contribution in [0.4, 0.5) is 5.69 Å². The molecule has 0 aliphatic carbocycles. The van der Waals surface area contributed by atoms with Gasteiger partial charge in [0.05, 0.1) is 24.4 Å². The molecule has 8 heteroatoms. The number of ether oxygens (including phenoxy) is 1. The molecular weight excluding hydrogens is 519 g/mol. The Morgan fingerprint density at radius 2 is 1.92 bits per heavy atom. The molecule has 5 aromatic rings. The third-order valence-electron chi connectivity index (χ3n) is 7.25. The van der Waals surface area contributed by atoms with Crippen molar-refractivity contribution in [2.45, 2.75) is 30.4 Å². The first-order chi connectivity index (χ1) is 18.1. The van der Waals surface area contributed by atoms with Crippen LogP contribution in [0.25, 0.3) is 32.1 Å². The lowest BCUT2D eigenvalue weighted by molar-refractivity contribution is -0.642. The van der Waals surface area contributed by atoms with Gasteiger partial charge in [-0.3, -0.25) is 9.36 Å². The van der Waals surface area contributed by atoms with Crippen molar-refractivity contribution in [2.24, 2.45) is 7.05 Å². The van der Waals surface area contributed by atoms with Crippen molar-refractivity contribution in [3.05, 3.63) is 85.2 Å². The summed E-state index contributed by atoms with van der Waals surface area (Å²) in [6.45, 7) is 1.37. The van der Waals surface area contributed by atoms with E-state index in [0.29, 0.717) is 6.54 Å². The number of benzene rings is 3. The smallest absolute Gasteiger partial charge is 0.271 e. The molecule has 0 amide bonds. The summed E-state index contributed by atoms with van der Waals surface area (Å²) < 4.78 is 13.1. The third-order valence-corrected chi connectivity index (χ3v) is 10.9. The fourth-order valence-electron chi connectivity index (χ4n) is 5.32. The van der Waals surface area contributed by atoms with Gasteiger partial charge in [0.1, 0.15) is 26.0 Å². The number of hydrogen-bond donors (Lipinski definition) is 0. The topological polar surface area (TPSA) is 38.4 Å². The van der Waals surface area contributed by atoms with Gasteiger partial charge in [0, 0.05) is 30.0 Å².